The third-order valence-corrected chi connectivity index (χ3v) is 3.36. The van der Waals surface area contributed by atoms with E-state index >= 15 is 0 Å². The van der Waals surface area contributed by atoms with Gasteiger partial charge in [-0.25, -0.2) is 0 Å². The van der Waals surface area contributed by atoms with Crippen molar-refractivity contribution in [1.29, 1.82) is 0 Å². The van der Waals surface area contributed by atoms with Crippen LogP contribution in [-0.4, -0.2) is 22.2 Å². The van der Waals surface area contributed by atoms with Crippen molar-refractivity contribution in [2.45, 2.75) is 25.0 Å². The van der Waals surface area contributed by atoms with Crippen LogP contribution < -0.4 is 5.32 Å². The summed E-state index contributed by atoms with van der Waals surface area (Å²) in [4.78, 5) is 0. The number of ether oxygens (including phenoxy) is 1. The third-order valence-electron chi connectivity index (χ3n) is 3.02. The van der Waals surface area contributed by atoms with Crippen molar-refractivity contribution in [2.75, 3.05) is 11.2 Å². The van der Waals surface area contributed by atoms with Gasteiger partial charge in [0, 0.05) is 11.6 Å². The largest absolute Gasteiger partial charge is 0.405 e. The van der Waals surface area contributed by atoms with E-state index in [-0.39, 0.29) is 12.2 Å². The van der Waals surface area contributed by atoms with Crippen molar-refractivity contribution in [3.63, 3.8) is 0 Å². The summed E-state index contributed by atoms with van der Waals surface area (Å²) in [5, 5.41) is 11.0. The number of para-hydroxylation sites is 1. The molecule has 0 bridgehead atoms. The number of hydrogen-bond donors (Lipinski definition) is 1. The first kappa shape index (κ1) is 12.4. The van der Waals surface area contributed by atoms with Crippen LogP contribution in [0.15, 0.2) is 34.7 Å². The molecule has 100 valence electrons. The van der Waals surface area contributed by atoms with Crippen molar-refractivity contribution in [3.05, 3.63) is 36.2 Å². The molecule has 0 aliphatic carbocycles. The Morgan fingerprint density at radius 2 is 2.05 bits per heavy atom. The maximum Gasteiger partial charge on any atom is 0.320 e. The van der Waals surface area contributed by atoms with Crippen LogP contribution in [0.3, 0.4) is 0 Å². The van der Waals surface area contributed by atoms with E-state index in [0.717, 1.165) is 18.5 Å². The molecule has 0 saturated carbocycles. The van der Waals surface area contributed by atoms with Crippen LogP contribution in [0.25, 0.3) is 0 Å². The fraction of sp³-hybridized carbons (Fsp3) is 0.385. The second-order valence-electron chi connectivity index (χ2n) is 4.41. The van der Waals surface area contributed by atoms with Crippen molar-refractivity contribution >= 4 is 23.3 Å². The Bertz CT molecular complexity index is 532. The van der Waals surface area contributed by atoms with Crippen LogP contribution in [0.2, 0.25) is 0 Å². The number of nitrogens with zero attached hydrogens (tertiary/aromatic N) is 2. The highest BCUT2D eigenvalue weighted by Crippen LogP contribution is 2.33. The van der Waals surface area contributed by atoms with Gasteiger partial charge in [0.15, 0.2) is 0 Å². The fourth-order valence-electron chi connectivity index (χ4n) is 2.06. The zero-order valence-electron chi connectivity index (χ0n) is 10.3. The molecule has 1 aliphatic heterocycles. The van der Waals surface area contributed by atoms with E-state index in [9.17, 15) is 0 Å². The predicted octanol–water partition coefficient (Wildman–Crippen LogP) is 3.27. The maximum absolute atomic E-state index is 5.77. The van der Waals surface area contributed by atoms with Gasteiger partial charge in [-0.15, -0.1) is 16.7 Å². The molecule has 2 aromatic rings. The zero-order valence-corrected chi connectivity index (χ0v) is 11.0. The van der Waals surface area contributed by atoms with E-state index in [0.29, 0.717) is 17.8 Å². The number of hydrogen-bond acceptors (Lipinski definition) is 5. The van der Waals surface area contributed by atoms with Gasteiger partial charge in [0.1, 0.15) is 6.10 Å². The SMILES string of the molecule is ClC[C@H]1CC[C@@H](c2nnc(Nc3ccccc3)o2)O1. The number of alkyl halides is 1. The van der Waals surface area contributed by atoms with Gasteiger partial charge in [0.05, 0.1) is 6.10 Å². The molecule has 0 radical (unpaired) electrons. The molecule has 0 amide bonds. The fourth-order valence-corrected chi connectivity index (χ4v) is 2.29. The molecule has 1 fully saturated rings. The molecular weight excluding hydrogens is 266 g/mol. The lowest BCUT2D eigenvalue weighted by molar-refractivity contribution is 0.0412. The monoisotopic (exact) mass is 279 g/mol. The van der Waals surface area contributed by atoms with Crippen LogP contribution in [-0.2, 0) is 4.74 Å². The average molecular weight is 280 g/mol. The molecule has 0 unspecified atom stereocenters. The average Bonchev–Trinajstić information content (AvgIpc) is 3.08. The van der Waals surface area contributed by atoms with Gasteiger partial charge < -0.3 is 14.5 Å². The number of aromatic nitrogens is 2. The van der Waals surface area contributed by atoms with Gasteiger partial charge in [-0.3, -0.25) is 0 Å². The summed E-state index contributed by atoms with van der Waals surface area (Å²) in [5.74, 6) is 1.01. The van der Waals surface area contributed by atoms with E-state index in [2.05, 4.69) is 15.5 Å². The highest BCUT2D eigenvalue weighted by molar-refractivity contribution is 6.18. The second kappa shape index (κ2) is 5.59. The lowest BCUT2D eigenvalue weighted by atomic mass is 10.2. The normalized spacial score (nSPS) is 22.6. The van der Waals surface area contributed by atoms with Gasteiger partial charge in [-0.1, -0.05) is 23.3 Å². The Hall–Kier alpha value is -1.59. The van der Waals surface area contributed by atoms with Crippen molar-refractivity contribution < 1.29 is 9.15 Å². The quantitative estimate of drug-likeness (QED) is 0.871. The number of anilines is 2. The molecule has 1 aliphatic rings. The van der Waals surface area contributed by atoms with Gasteiger partial charge in [0.2, 0.25) is 5.89 Å². The number of halogens is 1. The molecule has 5 nitrogen and oxygen atoms in total. The minimum Gasteiger partial charge on any atom is -0.405 e. The summed E-state index contributed by atoms with van der Waals surface area (Å²) in [6.45, 7) is 0. The first-order chi connectivity index (χ1) is 9.35. The smallest absolute Gasteiger partial charge is 0.320 e. The van der Waals surface area contributed by atoms with Crippen LogP contribution >= 0.6 is 11.6 Å². The molecule has 1 N–H and O–H groups in total. The highest BCUT2D eigenvalue weighted by atomic mass is 35.5. The Morgan fingerprint density at radius 1 is 1.21 bits per heavy atom. The van der Waals surface area contributed by atoms with Crippen molar-refractivity contribution in [3.8, 4) is 0 Å². The molecular formula is C13H14ClN3O2. The summed E-state index contributed by atoms with van der Waals surface area (Å²) in [6.07, 6.45) is 1.74. The van der Waals surface area contributed by atoms with E-state index in [4.69, 9.17) is 20.8 Å². The topological polar surface area (TPSA) is 60.2 Å². The van der Waals surface area contributed by atoms with Crippen molar-refractivity contribution in [2.24, 2.45) is 0 Å². The predicted molar refractivity (Wildman–Crippen MR) is 71.6 cm³/mol. The molecule has 2 heterocycles. The first-order valence-corrected chi connectivity index (χ1v) is 6.75. The molecule has 0 spiro atoms. The Labute approximate surface area is 115 Å². The van der Waals surface area contributed by atoms with Crippen LogP contribution in [0.4, 0.5) is 11.7 Å². The number of nitrogens with one attached hydrogen (secondary N) is 1. The third kappa shape index (κ3) is 2.88. The molecule has 1 saturated heterocycles. The van der Waals surface area contributed by atoms with Gasteiger partial charge in [-0.05, 0) is 25.0 Å². The minimum atomic E-state index is -0.137. The molecule has 19 heavy (non-hydrogen) atoms. The van der Waals surface area contributed by atoms with Crippen molar-refractivity contribution in [1.82, 2.24) is 10.2 Å². The summed E-state index contributed by atoms with van der Waals surface area (Å²) in [7, 11) is 0. The maximum atomic E-state index is 5.77. The van der Waals surface area contributed by atoms with E-state index in [1.165, 1.54) is 0 Å². The van der Waals surface area contributed by atoms with Crippen LogP contribution in [0.1, 0.15) is 24.8 Å². The molecule has 6 heteroatoms. The van der Waals surface area contributed by atoms with Gasteiger partial charge in [0.25, 0.3) is 0 Å². The minimum absolute atomic E-state index is 0.0871. The summed E-state index contributed by atoms with van der Waals surface area (Å²) >= 11 is 5.77. The Balaban J connectivity index is 1.67. The van der Waals surface area contributed by atoms with E-state index < -0.39 is 0 Å². The van der Waals surface area contributed by atoms with Crippen LogP contribution in [0.5, 0.6) is 0 Å². The summed E-state index contributed by atoms with van der Waals surface area (Å²) < 4.78 is 11.3. The Kier molecular flexibility index (Phi) is 3.66. The molecule has 3 rings (SSSR count). The lowest BCUT2D eigenvalue weighted by Crippen LogP contribution is -2.07. The lowest BCUT2D eigenvalue weighted by Gasteiger charge is -2.07. The molecule has 2 atom stereocenters. The van der Waals surface area contributed by atoms with Crippen LogP contribution in [0, 0.1) is 0 Å². The van der Waals surface area contributed by atoms with Gasteiger partial charge >= 0.3 is 6.01 Å². The first-order valence-electron chi connectivity index (χ1n) is 6.22. The zero-order chi connectivity index (χ0) is 13.1. The Morgan fingerprint density at radius 3 is 2.79 bits per heavy atom. The highest BCUT2D eigenvalue weighted by Gasteiger charge is 2.29. The summed E-state index contributed by atoms with van der Waals surface area (Å²) in [5.41, 5.74) is 0.906. The summed E-state index contributed by atoms with van der Waals surface area (Å²) in [6, 6.07) is 10.1. The van der Waals surface area contributed by atoms with Gasteiger partial charge in [-0.2, -0.15) is 0 Å². The number of rotatable bonds is 4. The molecule has 1 aromatic heterocycles. The molecule has 1 aromatic carbocycles. The second-order valence-corrected chi connectivity index (χ2v) is 4.72. The van der Waals surface area contributed by atoms with E-state index in [1.54, 1.807) is 0 Å². The standard InChI is InChI=1S/C13H14ClN3O2/c14-8-10-6-7-11(18-10)12-16-17-13(19-12)15-9-4-2-1-3-5-9/h1-5,10-11H,6-8H2,(H,15,17)/t10-,11+/m1/s1. The van der Waals surface area contributed by atoms with E-state index in [1.807, 2.05) is 30.3 Å². The number of benzene rings is 1.